The van der Waals surface area contributed by atoms with Gasteiger partial charge in [-0.3, -0.25) is 14.9 Å². The molecular weight excluding hydrogens is 262 g/mol. The normalized spacial score (nSPS) is 10.1. The van der Waals surface area contributed by atoms with E-state index in [4.69, 9.17) is 11.6 Å². The van der Waals surface area contributed by atoms with E-state index in [0.29, 0.717) is 5.69 Å². The van der Waals surface area contributed by atoms with Crippen molar-refractivity contribution in [2.45, 2.75) is 0 Å². The van der Waals surface area contributed by atoms with Gasteiger partial charge in [0.15, 0.2) is 0 Å². The summed E-state index contributed by atoms with van der Waals surface area (Å²) in [5, 5.41) is 16.4. The minimum absolute atomic E-state index is 0.0991. The number of nitro benzene ring substituents is 1. The van der Waals surface area contributed by atoms with Crippen molar-refractivity contribution in [2.75, 3.05) is 5.32 Å². The van der Waals surface area contributed by atoms with Crippen LogP contribution < -0.4 is 5.32 Å². The predicted octanol–water partition coefficient (Wildman–Crippen LogP) is 2.49. The summed E-state index contributed by atoms with van der Waals surface area (Å²) >= 11 is 5.70. The van der Waals surface area contributed by atoms with Crippen LogP contribution >= 0.6 is 11.6 Å². The van der Waals surface area contributed by atoms with Crippen LogP contribution in [0.3, 0.4) is 0 Å². The zero-order valence-electron chi connectivity index (χ0n) is 8.79. The van der Waals surface area contributed by atoms with Crippen molar-refractivity contribution in [3.63, 3.8) is 0 Å². The molecule has 2 rings (SSSR count). The van der Waals surface area contributed by atoms with Gasteiger partial charge < -0.3 is 9.84 Å². The first-order valence-corrected chi connectivity index (χ1v) is 5.10. The van der Waals surface area contributed by atoms with E-state index in [1.807, 2.05) is 0 Å². The van der Waals surface area contributed by atoms with Gasteiger partial charge in [-0.05, 0) is 12.1 Å². The highest BCUT2D eigenvalue weighted by Gasteiger charge is 2.15. The topological polar surface area (TPSA) is 98.3 Å². The molecule has 1 heterocycles. The number of halogens is 1. The molecule has 0 aliphatic carbocycles. The van der Waals surface area contributed by atoms with Gasteiger partial charge in [-0.15, -0.1) is 0 Å². The molecule has 0 saturated carbocycles. The second-order valence-corrected chi connectivity index (χ2v) is 3.70. The van der Waals surface area contributed by atoms with Crippen LogP contribution in [0.15, 0.2) is 35.2 Å². The Kier molecular flexibility index (Phi) is 3.24. The van der Waals surface area contributed by atoms with Crippen LogP contribution in [0.1, 0.15) is 10.4 Å². The summed E-state index contributed by atoms with van der Waals surface area (Å²) in [6.45, 7) is 0. The molecule has 0 bridgehead atoms. The van der Waals surface area contributed by atoms with Gasteiger partial charge in [-0.2, -0.15) is 0 Å². The molecule has 0 aliphatic rings. The van der Waals surface area contributed by atoms with Gasteiger partial charge in [0.1, 0.15) is 17.0 Å². The van der Waals surface area contributed by atoms with Crippen molar-refractivity contribution >= 4 is 28.9 Å². The second-order valence-electron chi connectivity index (χ2n) is 3.29. The number of aromatic nitrogens is 1. The molecule has 18 heavy (non-hydrogen) atoms. The molecular formula is C10H6ClN3O4. The molecule has 92 valence electrons. The highest BCUT2D eigenvalue weighted by Crippen LogP contribution is 2.25. The summed E-state index contributed by atoms with van der Waals surface area (Å²) < 4.78 is 4.55. The zero-order valence-corrected chi connectivity index (χ0v) is 9.55. The summed E-state index contributed by atoms with van der Waals surface area (Å²) in [6.07, 6.45) is 2.58. The van der Waals surface area contributed by atoms with Gasteiger partial charge in [-0.25, -0.2) is 0 Å². The Morgan fingerprint density at radius 2 is 2.28 bits per heavy atom. The summed E-state index contributed by atoms with van der Waals surface area (Å²) in [5.74, 6) is -0.463. The molecule has 0 atom stereocenters. The molecule has 1 aromatic heterocycles. The van der Waals surface area contributed by atoms with Crippen LogP contribution in [0.4, 0.5) is 11.4 Å². The van der Waals surface area contributed by atoms with E-state index >= 15 is 0 Å². The van der Waals surface area contributed by atoms with E-state index in [9.17, 15) is 14.9 Å². The third kappa shape index (κ3) is 2.46. The lowest BCUT2D eigenvalue weighted by molar-refractivity contribution is -0.384. The van der Waals surface area contributed by atoms with E-state index in [-0.39, 0.29) is 16.3 Å². The highest BCUT2D eigenvalue weighted by atomic mass is 35.5. The third-order valence-electron chi connectivity index (χ3n) is 2.10. The lowest BCUT2D eigenvalue weighted by Crippen LogP contribution is -2.11. The number of benzene rings is 1. The molecule has 1 amide bonds. The van der Waals surface area contributed by atoms with Crippen LogP contribution in [-0.2, 0) is 0 Å². The zero-order chi connectivity index (χ0) is 13.1. The van der Waals surface area contributed by atoms with E-state index in [1.165, 1.54) is 30.7 Å². The summed E-state index contributed by atoms with van der Waals surface area (Å²) in [4.78, 5) is 21.7. The average Bonchev–Trinajstić information content (AvgIpc) is 2.81. The number of rotatable bonds is 3. The van der Waals surface area contributed by atoms with Crippen LogP contribution in [0.5, 0.6) is 0 Å². The first-order chi connectivity index (χ1) is 8.58. The maximum atomic E-state index is 11.7. The largest absolute Gasteiger partial charge is 0.363 e. The number of hydrogen-bond acceptors (Lipinski definition) is 5. The Labute approximate surface area is 105 Å². The summed E-state index contributed by atoms with van der Waals surface area (Å²) in [5.41, 5.74) is 0.333. The van der Waals surface area contributed by atoms with E-state index in [2.05, 4.69) is 15.0 Å². The van der Waals surface area contributed by atoms with Crippen molar-refractivity contribution in [1.82, 2.24) is 5.16 Å². The Morgan fingerprint density at radius 1 is 1.50 bits per heavy atom. The molecule has 1 aromatic carbocycles. The molecule has 0 aliphatic heterocycles. The monoisotopic (exact) mass is 267 g/mol. The van der Waals surface area contributed by atoms with Crippen LogP contribution in [-0.4, -0.2) is 16.0 Å². The quantitative estimate of drug-likeness (QED) is 0.680. The van der Waals surface area contributed by atoms with Gasteiger partial charge in [0.2, 0.25) is 0 Å². The van der Waals surface area contributed by atoms with Crippen LogP contribution in [0.2, 0.25) is 5.02 Å². The number of anilines is 1. The highest BCUT2D eigenvalue weighted by molar-refractivity contribution is 6.33. The van der Waals surface area contributed by atoms with E-state index in [1.54, 1.807) is 0 Å². The molecule has 0 spiro atoms. The molecule has 0 radical (unpaired) electrons. The Hall–Kier alpha value is -2.41. The number of carbonyl (C=O) groups is 1. The summed E-state index contributed by atoms with van der Waals surface area (Å²) in [6, 6.07) is 3.71. The Balaban J connectivity index is 2.21. The van der Waals surface area contributed by atoms with Crippen LogP contribution in [0, 0.1) is 10.1 Å². The predicted molar refractivity (Wildman–Crippen MR) is 62.6 cm³/mol. The van der Waals surface area contributed by atoms with Crippen molar-refractivity contribution in [3.8, 4) is 0 Å². The molecule has 8 heteroatoms. The number of carbonyl (C=O) groups excluding carboxylic acids is 1. The number of nitrogens with one attached hydrogen (secondary N) is 1. The minimum atomic E-state index is -0.621. The molecule has 0 fully saturated rings. The van der Waals surface area contributed by atoms with Gasteiger partial charge in [0, 0.05) is 11.6 Å². The van der Waals surface area contributed by atoms with E-state index < -0.39 is 10.8 Å². The van der Waals surface area contributed by atoms with Crippen molar-refractivity contribution < 1.29 is 14.2 Å². The first-order valence-electron chi connectivity index (χ1n) is 4.72. The molecule has 0 unspecified atom stereocenters. The van der Waals surface area contributed by atoms with Crippen molar-refractivity contribution in [3.05, 3.63) is 51.4 Å². The molecule has 2 aromatic rings. The minimum Gasteiger partial charge on any atom is -0.363 e. The van der Waals surface area contributed by atoms with Crippen LogP contribution in [0.25, 0.3) is 0 Å². The Morgan fingerprint density at radius 3 is 2.83 bits per heavy atom. The standard InChI is InChI=1S/C10H6ClN3O4/c11-8-3-6(1-2-9(8)14(16)17)10(15)13-7-4-12-18-5-7/h1-5H,(H,13,15). The maximum absolute atomic E-state index is 11.7. The number of nitro groups is 1. The van der Waals surface area contributed by atoms with Gasteiger partial charge in [-0.1, -0.05) is 16.8 Å². The number of nitrogens with zero attached hydrogens (tertiary/aromatic N) is 2. The number of hydrogen-bond donors (Lipinski definition) is 1. The van der Waals surface area contributed by atoms with E-state index in [0.717, 1.165) is 0 Å². The third-order valence-corrected chi connectivity index (χ3v) is 2.40. The second kappa shape index (κ2) is 4.84. The van der Waals surface area contributed by atoms with Gasteiger partial charge in [0.25, 0.3) is 11.6 Å². The maximum Gasteiger partial charge on any atom is 0.287 e. The fourth-order valence-corrected chi connectivity index (χ4v) is 1.52. The van der Waals surface area contributed by atoms with Gasteiger partial charge in [0.05, 0.1) is 11.1 Å². The van der Waals surface area contributed by atoms with Crippen molar-refractivity contribution in [2.24, 2.45) is 0 Å². The SMILES string of the molecule is O=C(Nc1cnoc1)c1ccc([N+](=O)[O-])c(Cl)c1. The molecule has 0 saturated heterocycles. The smallest absolute Gasteiger partial charge is 0.287 e. The fraction of sp³-hybridized carbons (Fsp3) is 0. The number of amides is 1. The summed E-state index contributed by atoms with van der Waals surface area (Å²) in [7, 11) is 0. The Bertz CT molecular complexity index is 597. The van der Waals surface area contributed by atoms with Gasteiger partial charge >= 0.3 is 0 Å². The fourth-order valence-electron chi connectivity index (χ4n) is 1.27. The van der Waals surface area contributed by atoms with Crippen molar-refractivity contribution in [1.29, 1.82) is 0 Å². The first kappa shape index (κ1) is 12.1. The molecule has 7 nitrogen and oxygen atoms in total. The lowest BCUT2D eigenvalue weighted by atomic mass is 10.2. The average molecular weight is 268 g/mol. The molecule has 1 N–H and O–H groups in total. The lowest BCUT2D eigenvalue weighted by Gasteiger charge is -2.02.